The molecule has 1 saturated carbocycles. The molecule has 0 radical (unpaired) electrons. The van der Waals surface area contributed by atoms with Gasteiger partial charge in [0.2, 0.25) is 0 Å². The molecule has 0 bridgehead atoms. The van der Waals surface area contributed by atoms with Crippen LogP contribution >= 0.6 is 24.0 Å². The zero-order valence-electron chi connectivity index (χ0n) is 17.4. The van der Waals surface area contributed by atoms with Crippen molar-refractivity contribution in [3.8, 4) is 0 Å². The van der Waals surface area contributed by atoms with Crippen LogP contribution in [0.25, 0.3) is 0 Å². The molecule has 0 aromatic heterocycles. The first kappa shape index (κ1) is 24.1. The molecule has 3 rings (SSSR count). The Morgan fingerprint density at radius 3 is 2.64 bits per heavy atom. The van der Waals surface area contributed by atoms with Gasteiger partial charge in [-0.1, -0.05) is 0 Å². The average molecular weight is 510 g/mol. The lowest BCUT2D eigenvalue weighted by Crippen LogP contribution is -2.49. The number of nitrogens with one attached hydrogen (secondary N) is 2. The quantitative estimate of drug-likeness (QED) is 0.191. The molecule has 8 heteroatoms. The largest absolute Gasteiger partial charge is 0.381 e. The third-order valence-corrected chi connectivity index (χ3v) is 5.61. The molecule has 0 aromatic rings. The van der Waals surface area contributed by atoms with Gasteiger partial charge in [-0.3, -0.25) is 9.89 Å². The van der Waals surface area contributed by atoms with E-state index in [1.165, 1.54) is 12.8 Å². The fourth-order valence-corrected chi connectivity index (χ4v) is 3.77. The van der Waals surface area contributed by atoms with Crippen LogP contribution in [-0.4, -0.2) is 89.3 Å². The van der Waals surface area contributed by atoms with E-state index < -0.39 is 0 Å². The van der Waals surface area contributed by atoms with Crippen LogP contribution < -0.4 is 10.6 Å². The number of hydrogen-bond donors (Lipinski definition) is 2. The lowest BCUT2D eigenvalue weighted by Gasteiger charge is -2.36. The first-order chi connectivity index (χ1) is 13.4. The zero-order chi connectivity index (χ0) is 18.7. The van der Waals surface area contributed by atoms with Crippen LogP contribution in [0.3, 0.4) is 0 Å². The molecule has 2 unspecified atom stereocenters. The first-order valence-corrected chi connectivity index (χ1v) is 10.9. The predicted octanol–water partition coefficient (Wildman–Crippen LogP) is 1.71. The van der Waals surface area contributed by atoms with Crippen LogP contribution in [0.2, 0.25) is 0 Å². The Labute approximate surface area is 187 Å². The lowest BCUT2D eigenvalue weighted by molar-refractivity contribution is 0.00368. The smallest absolute Gasteiger partial charge is 0.191 e. The molecule has 0 aromatic carbocycles. The average Bonchev–Trinajstić information content (AvgIpc) is 3.37. The Hall–Kier alpha value is -0.160. The van der Waals surface area contributed by atoms with Crippen LogP contribution in [0.15, 0.2) is 4.99 Å². The summed E-state index contributed by atoms with van der Waals surface area (Å²) in [5, 5.41) is 6.83. The molecular formula is C20H39IN4O3. The van der Waals surface area contributed by atoms with Crippen molar-refractivity contribution in [2.75, 3.05) is 72.4 Å². The Bertz CT molecular complexity index is 439. The van der Waals surface area contributed by atoms with E-state index in [-0.39, 0.29) is 24.0 Å². The second-order valence-electron chi connectivity index (χ2n) is 7.86. The van der Waals surface area contributed by atoms with Crippen molar-refractivity contribution < 1.29 is 14.2 Å². The molecule has 2 aliphatic heterocycles. The highest BCUT2D eigenvalue weighted by Gasteiger charge is 2.31. The molecular weight excluding hydrogens is 471 g/mol. The third kappa shape index (κ3) is 8.69. The highest BCUT2D eigenvalue weighted by Crippen LogP contribution is 2.28. The molecule has 3 aliphatic rings. The fraction of sp³-hybridized carbons (Fsp3) is 0.950. The highest BCUT2D eigenvalue weighted by atomic mass is 127. The van der Waals surface area contributed by atoms with E-state index >= 15 is 0 Å². The van der Waals surface area contributed by atoms with Gasteiger partial charge in [0.15, 0.2) is 5.96 Å². The van der Waals surface area contributed by atoms with Gasteiger partial charge < -0.3 is 24.8 Å². The standard InChI is InChI=1S/C20H38N4O3.HI/c1-2-21-20(22-7-3-10-26-15-17-4-5-17)23-14-19(18-6-11-27-16-18)24-8-12-25-13-9-24;/h17-19H,2-16H2,1H3,(H2,21,22,23);1H. The summed E-state index contributed by atoms with van der Waals surface area (Å²) >= 11 is 0. The van der Waals surface area contributed by atoms with Crippen molar-refractivity contribution in [1.29, 1.82) is 0 Å². The molecule has 164 valence electrons. The summed E-state index contributed by atoms with van der Waals surface area (Å²) in [5.41, 5.74) is 0. The second kappa shape index (κ2) is 14.0. The van der Waals surface area contributed by atoms with Gasteiger partial charge in [-0.2, -0.15) is 0 Å². The van der Waals surface area contributed by atoms with Gasteiger partial charge in [0.1, 0.15) is 0 Å². The van der Waals surface area contributed by atoms with Crippen LogP contribution in [0.4, 0.5) is 0 Å². The van der Waals surface area contributed by atoms with E-state index in [1.54, 1.807) is 0 Å². The number of morpholine rings is 1. The maximum atomic E-state index is 5.71. The van der Waals surface area contributed by atoms with E-state index in [1.807, 2.05) is 0 Å². The molecule has 28 heavy (non-hydrogen) atoms. The normalized spacial score (nSPS) is 24.6. The molecule has 2 heterocycles. The number of ether oxygens (including phenoxy) is 3. The summed E-state index contributed by atoms with van der Waals surface area (Å²) < 4.78 is 16.9. The van der Waals surface area contributed by atoms with Crippen molar-refractivity contribution in [2.45, 2.75) is 38.6 Å². The van der Waals surface area contributed by atoms with Gasteiger partial charge in [-0.25, -0.2) is 0 Å². The van der Waals surface area contributed by atoms with E-state index in [0.717, 1.165) is 97.1 Å². The van der Waals surface area contributed by atoms with Crippen LogP contribution in [0.5, 0.6) is 0 Å². The maximum absolute atomic E-state index is 5.71. The monoisotopic (exact) mass is 510 g/mol. The van der Waals surface area contributed by atoms with Crippen LogP contribution in [-0.2, 0) is 14.2 Å². The second-order valence-corrected chi connectivity index (χ2v) is 7.86. The van der Waals surface area contributed by atoms with Crippen molar-refractivity contribution in [2.24, 2.45) is 16.8 Å². The van der Waals surface area contributed by atoms with Crippen molar-refractivity contribution in [1.82, 2.24) is 15.5 Å². The highest BCUT2D eigenvalue weighted by molar-refractivity contribution is 14.0. The summed E-state index contributed by atoms with van der Waals surface area (Å²) in [5.74, 6) is 2.33. The molecule has 2 saturated heterocycles. The molecule has 2 atom stereocenters. The number of aliphatic imine (C=N–C) groups is 1. The van der Waals surface area contributed by atoms with Gasteiger partial charge in [-0.15, -0.1) is 24.0 Å². The summed E-state index contributed by atoms with van der Waals surface area (Å²) in [6, 6.07) is 0.439. The molecule has 1 aliphatic carbocycles. The Kier molecular flexibility index (Phi) is 12.0. The van der Waals surface area contributed by atoms with Crippen LogP contribution in [0, 0.1) is 11.8 Å². The first-order valence-electron chi connectivity index (χ1n) is 10.9. The molecule has 3 fully saturated rings. The van der Waals surface area contributed by atoms with E-state index in [0.29, 0.717) is 12.0 Å². The summed E-state index contributed by atoms with van der Waals surface area (Å²) in [6.45, 7) is 11.9. The molecule has 0 spiro atoms. The topological polar surface area (TPSA) is 67.4 Å². The molecule has 2 N–H and O–H groups in total. The number of guanidine groups is 1. The van der Waals surface area contributed by atoms with Gasteiger partial charge in [0, 0.05) is 58.0 Å². The van der Waals surface area contributed by atoms with Crippen molar-refractivity contribution >= 4 is 29.9 Å². The SMILES string of the molecule is CCNC(=NCC(C1CCOC1)N1CCOCC1)NCCCOCC1CC1.I. The van der Waals surface area contributed by atoms with Gasteiger partial charge in [0.25, 0.3) is 0 Å². The lowest BCUT2D eigenvalue weighted by atomic mass is 9.97. The minimum absolute atomic E-state index is 0. The Morgan fingerprint density at radius 1 is 1.14 bits per heavy atom. The van der Waals surface area contributed by atoms with E-state index in [4.69, 9.17) is 19.2 Å². The third-order valence-electron chi connectivity index (χ3n) is 5.61. The van der Waals surface area contributed by atoms with Gasteiger partial charge in [-0.05, 0) is 38.5 Å². The number of hydrogen-bond acceptors (Lipinski definition) is 5. The summed E-state index contributed by atoms with van der Waals surface area (Å²) in [6.07, 6.45) is 4.86. The van der Waals surface area contributed by atoms with Crippen molar-refractivity contribution in [3.05, 3.63) is 0 Å². The summed E-state index contributed by atoms with van der Waals surface area (Å²) in [7, 11) is 0. The summed E-state index contributed by atoms with van der Waals surface area (Å²) in [4.78, 5) is 7.45. The van der Waals surface area contributed by atoms with Crippen molar-refractivity contribution in [3.63, 3.8) is 0 Å². The van der Waals surface area contributed by atoms with E-state index in [9.17, 15) is 0 Å². The molecule has 7 nitrogen and oxygen atoms in total. The Balaban J connectivity index is 0.00000280. The predicted molar refractivity (Wildman–Crippen MR) is 123 cm³/mol. The number of rotatable bonds is 11. The molecule has 0 amide bonds. The zero-order valence-corrected chi connectivity index (χ0v) is 19.7. The maximum Gasteiger partial charge on any atom is 0.191 e. The number of halogens is 1. The minimum atomic E-state index is 0. The van der Waals surface area contributed by atoms with Gasteiger partial charge in [0.05, 0.1) is 26.4 Å². The van der Waals surface area contributed by atoms with Crippen LogP contribution in [0.1, 0.15) is 32.6 Å². The Morgan fingerprint density at radius 2 is 1.96 bits per heavy atom. The number of nitrogens with zero attached hydrogens (tertiary/aromatic N) is 2. The minimum Gasteiger partial charge on any atom is -0.381 e. The van der Waals surface area contributed by atoms with Gasteiger partial charge >= 0.3 is 0 Å². The van der Waals surface area contributed by atoms with E-state index in [2.05, 4.69) is 22.5 Å². The fourth-order valence-electron chi connectivity index (χ4n) is 3.77.